The number of rotatable bonds is 5. The van der Waals surface area contributed by atoms with Crippen LogP contribution >= 0.6 is 0 Å². The van der Waals surface area contributed by atoms with Gasteiger partial charge in [0.2, 0.25) is 0 Å². The summed E-state index contributed by atoms with van der Waals surface area (Å²) >= 11 is 0. The average Bonchev–Trinajstić information content (AvgIpc) is 2.95. The number of nitrogens with one attached hydrogen (secondary N) is 1. The second-order valence-corrected chi connectivity index (χ2v) is 5.70. The zero-order valence-electron chi connectivity index (χ0n) is 12.7. The van der Waals surface area contributed by atoms with Gasteiger partial charge in [0, 0.05) is 39.3 Å². The van der Waals surface area contributed by atoms with Gasteiger partial charge in [0.1, 0.15) is 5.75 Å². The molecule has 0 atom stereocenters. The molecule has 1 heterocycles. The largest absolute Gasteiger partial charge is 0.493 e. The number of ether oxygens (including phenoxy) is 1. The fourth-order valence-corrected chi connectivity index (χ4v) is 2.61. The van der Waals surface area contributed by atoms with Gasteiger partial charge >= 0.3 is 0 Å². The molecular weight excluding hydrogens is 260 g/mol. The summed E-state index contributed by atoms with van der Waals surface area (Å²) in [4.78, 5) is 2.11. The standard InChI is InChI=1S/C18H22N2O/c1-20(2)17-6-3-14(4-7-17)12-19-13-15-5-8-18-16(11-15)9-10-21-18/h3-8,11,19H,9-10,12-13H2,1-2H3. The maximum absolute atomic E-state index is 5.53. The summed E-state index contributed by atoms with van der Waals surface area (Å²) in [6.45, 7) is 2.61. The third-order valence-corrected chi connectivity index (χ3v) is 3.86. The topological polar surface area (TPSA) is 24.5 Å². The first-order chi connectivity index (χ1) is 10.2. The Morgan fingerprint density at radius 1 is 1.00 bits per heavy atom. The van der Waals surface area contributed by atoms with Crippen molar-refractivity contribution in [1.82, 2.24) is 5.32 Å². The van der Waals surface area contributed by atoms with Crippen LogP contribution in [0.15, 0.2) is 42.5 Å². The van der Waals surface area contributed by atoms with Crippen LogP contribution in [0, 0.1) is 0 Å². The molecule has 3 nitrogen and oxygen atoms in total. The highest BCUT2D eigenvalue weighted by Gasteiger charge is 2.11. The lowest BCUT2D eigenvalue weighted by Gasteiger charge is -2.13. The second-order valence-electron chi connectivity index (χ2n) is 5.70. The molecular formula is C18H22N2O. The van der Waals surface area contributed by atoms with Gasteiger partial charge in [0.05, 0.1) is 6.61 Å². The lowest BCUT2D eigenvalue weighted by Crippen LogP contribution is -2.13. The highest BCUT2D eigenvalue weighted by molar-refractivity contribution is 5.46. The molecule has 0 aromatic heterocycles. The third-order valence-electron chi connectivity index (χ3n) is 3.86. The molecule has 0 fully saturated rings. The molecule has 0 spiro atoms. The fraction of sp³-hybridized carbons (Fsp3) is 0.333. The molecule has 0 saturated carbocycles. The smallest absolute Gasteiger partial charge is 0.122 e. The van der Waals surface area contributed by atoms with E-state index >= 15 is 0 Å². The monoisotopic (exact) mass is 282 g/mol. The van der Waals surface area contributed by atoms with Crippen molar-refractivity contribution >= 4 is 5.69 Å². The molecule has 0 amide bonds. The number of hydrogen-bond donors (Lipinski definition) is 1. The first-order valence-electron chi connectivity index (χ1n) is 7.44. The van der Waals surface area contributed by atoms with Crippen molar-refractivity contribution in [2.45, 2.75) is 19.5 Å². The van der Waals surface area contributed by atoms with Crippen LogP contribution in [0.25, 0.3) is 0 Å². The Morgan fingerprint density at radius 3 is 2.48 bits per heavy atom. The van der Waals surface area contributed by atoms with Crippen LogP contribution < -0.4 is 15.0 Å². The summed E-state index contributed by atoms with van der Waals surface area (Å²) in [5.41, 5.74) is 5.20. The number of benzene rings is 2. The first-order valence-corrected chi connectivity index (χ1v) is 7.44. The zero-order valence-corrected chi connectivity index (χ0v) is 12.7. The lowest BCUT2D eigenvalue weighted by atomic mass is 10.1. The summed E-state index contributed by atoms with van der Waals surface area (Å²) in [5.74, 6) is 1.05. The van der Waals surface area contributed by atoms with Gasteiger partial charge < -0.3 is 15.0 Å². The van der Waals surface area contributed by atoms with Gasteiger partial charge in [-0.3, -0.25) is 0 Å². The van der Waals surface area contributed by atoms with E-state index in [1.165, 1.54) is 22.4 Å². The third kappa shape index (κ3) is 3.37. The van der Waals surface area contributed by atoms with Crippen LogP contribution in [0.2, 0.25) is 0 Å². The summed E-state index contributed by atoms with van der Waals surface area (Å²) in [6, 6.07) is 15.2. The normalized spacial score (nSPS) is 12.9. The van der Waals surface area contributed by atoms with Crippen LogP contribution in [0.1, 0.15) is 16.7 Å². The van der Waals surface area contributed by atoms with E-state index < -0.39 is 0 Å². The molecule has 3 heteroatoms. The van der Waals surface area contributed by atoms with Gasteiger partial charge in [-0.25, -0.2) is 0 Å². The molecule has 1 N–H and O–H groups in total. The molecule has 3 rings (SSSR count). The maximum atomic E-state index is 5.53. The molecule has 0 saturated heterocycles. The molecule has 110 valence electrons. The van der Waals surface area contributed by atoms with Crippen molar-refractivity contribution in [3.8, 4) is 5.75 Å². The molecule has 21 heavy (non-hydrogen) atoms. The van der Waals surface area contributed by atoms with E-state index in [1.54, 1.807) is 0 Å². The molecule has 0 radical (unpaired) electrons. The number of anilines is 1. The number of fused-ring (bicyclic) bond motifs is 1. The van der Waals surface area contributed by atoms with E-state index in [1.807, 2.05) is 0 Å². The SMILES string of the molecule is CN(C)c1ccc(CNCc2ccc3c(c2)CCO3)cc1. The Bertz CT molecular complexity index is 605. The Morgan fingerprint density at radius 2 is 1.71 bits per heavy atom. The summed E-state index contributed by atoms with van der Waals surface area (Å²) in [5, 5.41) is 3.50. The highest BCUT2D eigenvalue weighted by atomic mass is 16.5. The first kappa shape index (κ1) is 14.0. The van der Waals surface area contributed by atoms with Crippen LogP contribution in [0.4, 0.5) is 5.69 Å². The summed E-state index contributed by atoms with van der Waals surface area (Å²) < 4.78 is 5.53. The van der Waals surface area contributed by atoms with Crippen molar-refractivity contribution in [1.29, 1.82) is 0 Å². The second kappa shape index (κ2) is 6.19. The van der Waals surface area contributed by atoms with Crippen molar-refractivity contribution in [2.75, 3.05) is 25.6 Å². The Kier molecular flexibility index (Phi) is 4.11. The van der Waals surface area contributed by atoms with E-state index in [-0.39, 0.29) is 0 Å². The lowest BCUT2D eigenvalue weighted by molar-refractivity contribution is 0.357. The van der Waals surface area contributed by atoms with E-state index in [0.717, 1.165) is 31.9 Å². The van der Waals surface area contributed by atoms with Gasteiger partial charge in [-0.05, 0) is 34.9 Å². The van der Waals surface area contributed by atoms with Gasteiger partial charge in [0.25, 0.3) is 0 Å². The Balaban J connectivity index is 1.54. The number of nitrogens with zero attached hydrogens (tertiary/aromatic N) is 1. The average molecular weight is 282 g/mol. The minimum absolute atomic E-state index is 0.824. The zero-order chi connectivity index (χ0) is 14.7. The van der Waals surface area contributed by atoms with Crippen LogP contribution in [0.5, 0.6) is 5.75 Å². The molecule has 0 aliphatic carbocycles. The molecule has 0 unspecified atom stereocenters. The van der Waals surface area contributed by atoms with Crippen LogP contribution in [0.3, 0.4) is 0 Å². The van der Waals surface area contributed by atoms with Gasteiger partial charge in [0.15, 0.2) is 0 Å². The fourth-order valence-electron chi connectivity index (χ4n) is 2.61. The quantitative estimate of drug-likeness (QED) is 0.912. The minimum Gasteiger partial charge on any atom is -0.493 e. The Hall–Kier alpha value is -2.00. The van der Waals surface area contributed by atoms with Crippen LogP contribution in [-0.2, 0) is 19.5 Å². The van der Waals surface area contributed by atoms with Crippen molar-refractivity contribution in [2.24, 2.45) is 0 Å². The molecule has 1 aliphatic rings. The van der Waals surface area contributed by atoms with E-state index in [0.29, 0.717) is 0 Å². The van der Waals surface area contributed by atoms with E-state index in [9.17, 15) is 0 Å². The van der Waals surface area contributed by atoms with Crippen molar-refractivity contribution in [3.05, 3.63) is 59.2 Å². The summed E-state index contributed by atoms with van der Waals surface area (Å²) in [7, 11) is 4.12. The molecule has 2 aromatic carbocycles. The minimum atomic E-state index is 0.824. The molecule has 2 aromatic rings. The maximum Gasteiger partial charge on any atom is 0.122 e. The van der Waals surface area contributed by atoms with Gasteiger partial charge in [-0.15, -0.1) is 0 Å². The van der Waals surface area contributed by atoms with E-state index in [4.69, 9.17) is 4.74 Å². The Labute approximate surface area is 126 Å². The molecule has 1 aliphatic heterocycles. The van der Waals surface area contributed by atoms with Crippen LogP contribution in [-0.4, -0.2) is 20.7 Å². The summed E-state index contributed by atoms with van der Waals surface area (Å²) in [6.07, 6.45) is 1.04. The molecule has 0 bridgehead atoms. The van der Waals surface area contributed by atoms with Gasteiger partial charge in [-0.1, -0.05) is 24.3 Å². The predicted octanol–water partition coefficient (Wildman–Crippen LogP) is 2.98. The van der Waals surface area contributed by atoms with Crippen molar-refractivity contribution in [3.63, 3.8) is 0 Å². The van der Waals surface area contributed by atoms with Gasteiger partial charge in [-0.2, -0.15) is 0 Å². The predicted molar refractivity (Wildman–Crippen MR) is 87.0 cm³/mol. The van der Waals surface area contributed by atoms with E-state index in [2.05, 4.69) is 66.8 Å². The van der Waals surface area contributed by atoms with Crippen molar-refractivity contribution < 1.29 is 4.74 Å². The highest BCUT2D eigenvalue weighted by Crippen LogP contribution is 2.25. The number of hydrogen-bond acceptors (Lipinski definition) is 3.